The van der Waals surface area contributed by atoms with E-state index < -0.39 is 0 Å². The van der Waals surface area contributed by atoms with Gasteiger partial charge in [0.25, 0.3) is 0 Å². The molecule has 1 unspecified atom stereocenters. The van der Waals surface area contributed by atoms with E-state index in [1.165, 1.54) is 0 Å². The second-order valence-electron chi connectivity index (χ2n) is 3.73. The van der Waals surface area contributed by atoms with E-state index in [9.17, 15) is 4.79 Å². The Bertz CT molecular complexity index is 363. The van der Waals surface area contributed by atoms with E-state index in [0.717, 1.165) is 23.1 Å². The molecule has 0 saturated carbocycles. The molecule has 1 heterocycles. The highest BCUT2D eigenvalue weighted by molar-refractivity contribution is 9.10. The molecule has 0 aliphatic carbocycles. The van der Waals surface area contributed by atoms with Crippen LogP contribution in [-0.2, 0) is 4.79 Å². The molecule has 0 spiro atoms. The van der Waals surface area contributed by atoms with E-state index in [-0.39, 0.29) is 11.9 Å². The first-order chi connectivity index (χ1) is 7.18. The lowest BCUT2D eigenvalue weighted by atomic mass is 10.0. The fourth-order valence-corrected chi connectivity index (χ4v) is 2.10. The van der Waals surface area contributed by atoms with Crippen LogP contribution < -0.4 is 5.32 Å². The normalized spacial score (nSPS) is 22.5. The Hall–Kier alpha value is -0.870. The van der Waals surface area contributed by atoms with E-state index in [4.69, 9.17) is 0 Å². The molecule has 0 aromatic heterocycles. The first-order valence-electron chi connectivity index (χ1n) is 4.92. The van der Waals surface area contributed by atoms with Gasteiger partial charge in [0, 0.05) is 17.6 Å². The number of rotatable bonds is 1. The number of benzene rings is 1. The lowest BCUT2D eigenvalue weighted by molar-refractivity contribution is -0.128. The van der Waals surface area contributed by atoms with Gasteiger partial charge in [0.05, 0.1) is 0 Å². The summed E-state index contributed by atoms with van der Waals surface area (Å²) < 4.78 is 1.03. The Labute approximate surface area is 97.6 Å². The van der Waals surface area contributed by atoms with Gasteiger partial charge in [0.1, 0.15) is 6.04 Å². The summed E-state index contributed by atoms with van der Waals surface area (Å²) in [5.41, 5.74) is 1.04. The highest BCUT2D eigenvalue weighted by Crippen LogP contribution is 2.23. The molecule has 1 amide bonds. The molecule has 0 bridgehead atoms. The minimum Gasteiger partial charge on any atom is -0.353 e. The molecule has 1 N–H and O–H groups in total. The number of nitrogens with one attached hydrogen (secondary N) is 1. The van der Waals surface area contributed by atoms with Gasteiger partial charge < -0.3 is 5.32 Å². The maximum atomic E-state index is 11.7. The molecule has 1 atom stereocenters. The van der Waals surface area contributed by atoms with Crippen molar-refractivity contribution in [3.05, 3.63) is 34.3 Å². The zero-order valence-corrected chi connectivity index (χ0v) is 10.1. The Kier molecular flexibility index (Phi) is 3.07. The molecule has 1 aliphatic heterocycles. The number of nitrogens with zero attached hydrogens (tertiary/aromatic N) is 1. The first kappa shape index (κ1) is 10.6. The largest absolute Gasteiger partial charge is 0.353 e. The lowest BCUT2D eigenvalue weighted by Gasteiger charge is -2.32. The number of hydrogen-bond acceptors (Lipinski definition) is 2. The number of amides is 1. The molecular weight excluding hydrogens is 256 g/mol. The van der Waals surface area contributed by atoms with Crippen LogP contribution in [-0.4, -0.2) is 30.9 Å². The molecular formula is C11H13BrN2O. The average molecular weight is 269 g/mol. The van der Waals surface area contributed by atoms with E-state index in [0.29, 0.717) is 0 Å². The number of hydrogen-bond donors (Lipinski definition) is 1. The van der Waals surface area contributed by atoms with Crippen molar-refractivity contribution in [1.29, 1.82) is 0 Å². The summed E-state index contributed by atoms with van der Waals surface area (Å²) in [6.45, 7) is 1.63. The molecule has 2 rings (SSSR count). The molecule has 1 aromatic rings. The summed E-state index contributed by atoms with van der Waals surface area (Å²) in [6, 6.07) is 7.74. The standard InChI is InChI=1S/C11H13BrN2O/c1-14-7-6-13-11(15)10(14)8-2-4-9(12)5-3-8/h2-5,10H,6-7H2,1H3,(H,13,15). The molecule has 15 heavy (non-hydrogen) atoms. The highest BCUT2D eigenvalue weighted by atomic mass is 79.9. The van der Waals surface area contributed by atoms with Crippen LogP contribution in [0.4, 0.5) is 0 Å². The summed E-state index contributed by atoms with van der Waals surface area (Å²) in [5, 5.41) is 2.88. The minimum atomic E-state index is -0.146. The minimum absolute atomic E-state index is 0.0890. The third-order valence-corrected chi connectivity index (χ3v) is 3.17. The number of halogens is 1. The van der Waals surface area contributed by atoms with Gasteiger partial charge in [0.2, 0.25) is 5.91 Å². The molecule has 1 saturated heterocycles. The van der Waals surface area contributed by atoms with Gasteiger partial charge in [-0.1, -0.05) is 28.1 Å². The zero-order chi connectivity index (χ0) is 10.8. The number of likely N-dealkylation sites (N-methyl/N-ethyl adjacent to an activating group) is 1. The second-order valence-corrected chi connectivity index (χ2v) is 4.64. The first-order valence-corrected chi connectivity index (χ1v) is 5.71. The Morgan fingerprint density at radius 2 is 2.07 bits per heavy atom. The summed E-state index contributed by atoms with van der Waals surface area (Å²) in [6.07, 6.45) is 0. The predicted molar refractivity (Wildman–Crippen MR) is 62.5 cm³/mol. The molecule has 3 nitrogen and oxygen atoms in total. The summed E-state index contributed by atoms with van der Waals surface area (Å²) >= 11 is 3.39. The smallest absolute Gasteiger partial charge is 0.241 e. The van der Waals surface area contributed by atoms with E-state index >= 15 is 0 Å². The fourth-order valence-electron chi connectivity index (χ4n) is 1.83. The molecule has 4 heteroatoms. The van der Waals surface area contributed by atoms with Crippen molar-refractivity contribution in [1.82, 2.24) is 10.2 Å². The Balaban J connectivity index is 2.27. The Morgan fingerprint density at radius 1 is 1.40 bits per heavy atom. The zero-order valence-electron chi connectivity index (χ0n) is 8.53. The number of carbonyl (C=O) groups excluding carboxylic acids is 1. The van der Waals surface area contributed by atoms with Crippen LogP contribution in [0.1, 0.15) is 11.6 Å². The molecule has 1 fully saturated rings. The predicted octanol–water partition coefficient (Wildman–Crippen LogP) is 1.55. The van der Waals surface area contributed by atoms with Crippen molar-refractivity contribution in [2.75, 3.05) is 20.1 Å². The monoisotopic (exact) mass is 268 g/mol. The molecule has 1 aliphatic rings. The van der Waals surface area contributed by atoms with E-state index in [1.807, 2.05) is 31.3 Å². The highest BCUT2D eigenvalue weighted by Gasteiger charge is 2.27. The molecule has 80 valence electrons. The van der Waals surface area contributed by atoms with Crippen LogP contribution in [0.25, 0.3) is 0 Å². The second kappa shape index (κ2) is 4.33. The van der Waals surface area contributed by atoms with Crippen molar-refractivity contribution in [2.45, 2.75) is 6.04 Å². The van der Waals surface area contributed by atoms with Crippen molar-refractivity contribution in [3.8, 4) is 0 Å². The van der Waals surface area contributed by atoms with Crippen LogP contribution in [0.15, 0.2) is 28.7 Å². The maximum absolute atomic E-state index is 11.7. The van der Waals surface area contributed by atoms with Crippen molar-refractivity contribution in [2.24, 2.45) is 0 Å². The number of carbonyl (C=O) groups is 1. The van der Waals surface area contributed by atoms with Gasteiger partial charge in [-0.3, -0.25) is 9.69 Å². The summed E-state index contributed by atoms with van der Waals surface area (Å²) in [5.74, 6) is 0.0890. The van der Waals surface area contributed by atoms with Crippen LogP contribution in [0.5, 0.6) is 0 Å². The third kappa shape index (κ3) is 2.21. The fraction of sp³-hybridized carbons (Fsp3) is 0.364. The molecule has 1 aromatic carbocycles. The van der Waals surface area contributed by atoms with Crippen LogP contribution in [0.3, 0.4) is 0 Å². The lowest BCUT2D eigenvalue weighted by Crippen LogP contribution is -2.48. The summed E-state index contributed by atoms with van der Waals surface area (Å²) in [4.78, 5) is 13.8. The molecule has 0 radical (unpaired) electrons. The van der Waals surface area contributed by atoms with Crippen LogP contribution in [0.2, 0.25) is 0 Å². The Morgan fingerprint density at radius 3 is 2.67 bits per heavy atom. The van der Waals surface area contributed by atoms with Crippen molar-refractivity contribution in [3.63, 3.8) is 0 Å². The van der Waals surface area contributed by atoms with Gasteiger partial charge in [-0.05, 0) is 24.7 Å². The maximum Gasteiger partial charge on any atom is 0.241 e. The van der Waals surface area contributed by atoms with Gasteiger partial charge in [-0.2, -0.15) is 0 Å². The quantitative estimate of drug-likeness (QED) is 0.839. The van der Waals surface area contributed by atoms with Gasteiger partial charge >= 0.3 is 0 Å². The van der Waals surface area contributed by atoms with Gasteiger partial charge in [-0.25, -0.2) is 0 Å². The topological polar surface area (TPSA) is 32.3 Å². The van der Waals surface area contributed by atoms with Crippen LogP contribution >= 0.6 is 15.9 Å². The van der Waals surface area contributed by atoms with Crippen molar-refractivity contribution >= 4 is 21.8 Å². The van der Waals surface area contributed by atoms with E-state index in [2.05, 4.69) is 26.1 Å². The van der Waals surface area contributed by atoms with Crippen LogP contribution in [0, 0.1) is 0 Å². The number of piperazine rings is 1. The van der Waals surface area contributed by atoms with Crippen molar-refractivity contribution < 1.29 is 4.79 Å². The SMILES string of the molecule is CN1CCNC(=O)C1c1ccc(Br)cc1. The van der Waals surface area contributed by atoms with Gasteiger partial charge in [0.15, 0.2) is 0 Å². The average Bonchev–Trinajstić information content (AvgIpc) is 2.20. The third-order valence-electron chi connectivity index (χ3n) is 2.64. The summed E-state index contributed by atoms with van der Waals surface area (Å²) in [7, 11) is 1.98. The van der Waals surface area contributed by atoms with Gasteiger partial charge in [-0.15, -0.1) is 0 Å². The van der Waals surface area contributed by atoms with E-state index in [1.54, 1.807) is 0 Å².